The van der Waals surface area contributed by atoms with Crippen LogP contribution in [-0.4, -0.2) is 30.1 Å². The van der Waals surface area contributed by atoms with E-state index in [1.54, 1.807) is 11.8 Å². The first kappa shape index (κ1) is 12.8. The fourth-order valence-corrected chi connectivity index (χ4v) is 1.47. The van der Waals surface area contributed by atoms with Crippen LogP contribution in [0.4, 0.5) is 0 Å². The van der Waals surface area contributed by atoms with Gasteiger partial charge in [0.05, 0.1) is 13.5 Å². The van der Waals surface area contributed by atoms with Crippen LogP contribution < -0.4 is 5.73 Å². The van der Waals surface area contributed by atoms with Gasteiger partial charge in [-0.1, -0.05) is 13.8 Å². The smallest absolute Gasteiger partial charge is 0.307 e. The second-order valence-electron chi connectivity index (χ2n) is 3.71. The van der Waals surface area contributed by atoms with Crippen molar-refractivity contribution in [2.45, 2.75) is 37.5 Å². The number of thioether (sulfide) groups is 1. The van der Waals surface area contributed by atoms with E-state index in [2.05, 4.69) is 18.6 Å². The van der Waals surface area contributed by atoms with Crippen LogP contribution in [0.1, 0.15) is 26.7 Å². The van der Waals surface area contributed by atoms with Crippen molar-refractivity contribution in [1.29, 1.82) is 0 Å². The molecule has 0 bridgehead atoms. The van der Waals surface area contributed by atoms with Gasteiger partial charge in [-0.2, -0.15) is 11.8 Å². The molecule has 0 saturated carbocycles. The third-order valence-electron chi connectivity index (χ3n) is 1.96. The summed E-state index contributed by atoms with van der Waals surface area (Å²) in [6.45, 7) is 4.24. The van der Waals surface area contributed by atoms with E-state index in [1.165, 1.54) is 7.11 Å². The lowest BCUT2D eigenvalue weighted by atomic mass is 10.0. The largest absolute Gasteiger partial charge is 0.469 e. The molecular formula is C9H19NO2S. The molecular weight excluding hydrogens is 186 g/mol. The number of nitrogens with two attached hydrogens (primary N) is 1. The zero-order valence-corrected chi connectivity index (χ0v) is 9.61. The molecule has 0 aromatic rings. The zero-order chi connectivity index (χ0) is 10.5. The fraction of sp³-hybridized carbons (Fsp3) is 0.889. The van der Waals surface area contributed by atoms with Crippen LogP contribution in [0.3, 0.4) is 0 Å². The number of hydrogen-bond acceptors (Lipinski definition) is 4. The van der Waals surface area contributed by atoms with Crippen molar-refractivity contribution in [1.82, 2.24) is 0 Å². The average Bonchev–Trinajstić information content (AvgIpc) is 2.03. The molecule has 78 valence electrons. The summed E-state index contributed by atoms with van der Waals surface area (Å²) in [4.78, 5) is 10.9. The predicted octanol–water partition coefficient (Wildman–Crippen LogP) is 1.41. The van der Waals surface area contributed by atoms with Gasteiger partial charge in [-0.25, -0.2) is 0 Å². The van der Waals surface area contributed by atoms with Gasteiger partial charge in [0.2, 0.25) is 0 Å². The van der Waals surface area contributed by atoms with Crippen LogP contribution in [0.25, 0.3) is 0 Å². The highest BCUT2D eigenvalue weighted by Crippen LogP contribution is 2.26. The molecule has 1 unspecified atom stereocenters. The van der Waals surface area contributed by atoms with E-state index in [0.717, 1.165) is 6.42 Å². The van der Waals surface area contributed by atoms with Crippen LogP contribution >= 0.6 is 11.8 Å². The number of esters is 1. The summed E-state index contributed by atoms with van der Waals surface area (Å²) in [5.41, 5.74) is 5.80. The Labute approximate surface area is 84.4 Å². The van der Waals surface area contributed by atoms with E-state index in [0.29, 0.717) is 6.42 Å². The van der Waals surface area contributed by atoms with Gasteiger partial charge in [0.1, 0.15) is 0 Å². The molecule has 0 aromatic heterocycles. The zero-order valence-electron chi connectivity index (χ0n) is 8.79. The predicted molar refractivity (Wildman–Crippen MR) is 56.8 cm³/mol. The summed E-state index contributed by atoms with van der Waals surface area (Å²) >= 11 is 1.76. The Kier molecular flexibility index (Phi) is 5.40. The van der Waals surface area contributed by atoms with Gasteiger partial charge in [0, 0.05) is 10.8 Å². The quantitative estimate of drug-likeness (QED) is 0.689. The molecule has 13 heavy (non-hydrogen) atoms. The van der Waals surface area contributed by atoms with E-state index < -0.39 is 0 Å². The molecule has 1 atom stereocenters. The summed E-state index contributed by atoms with van der Waals surface area (Å²) in [6, 6.07) is -0.102. The summed E-state index contributed by atoms with van der Waals surface area (Å²) in [6.07, 6.45) is 3.18. The lowest BCUT2D eigenvalue weighted by Gasteiger charge is -2.25. The van der Waals surface area contributed by atoms with E-state index in [9.17, 15) is 4.79 Å². The highest BCUT2D eigenvalue weighted by molar-refractivity contribution is 7.99. The first-order valence-corrected chi connectivity index (χ1v) is 5.51. The van der Waals surface area contributed by atoms with Gasteiger partial charge in [-0.05, 0) is 12.7 Å². The third kappa shape index (κ3) is 5.93. The second kappa shape index (κ2) is 5.50. The normalized spacial score (nSPS) is 13.9. The summed E-state index contributed by atoms with van der Waals surface area (Å²) in [7, 11) is 1.38. The number of carbonyl (C=O) groups excluding carboxylic acids is 1. The first-order valence-electron chi connectivity index (χ1n) is 4.29. The molecule has 0 aliphatic heterocycles. The molecule has 0 heterocycles. The van der Waals surface area contributed by atoms with Crippen molar-refractivity contribution >= 4 is 17.7 Å². The monoisotopic (exact) mass is 205 g/mol. The molecule has 0 saturated heterocycles. The maximum atomic E-state index is 10.9. The Bertz CT molecular complexity index is 171. The number of rotatable bonds is 5. The van der Waals surface area contributed by atoms with Crippen molar-refractivity contribution in [3.8, 4) is 0 Å². The molecule has 0 spiro atoms. The molecule has 0 amide bonds. The van der Waals surface area contributed by atoms with Gasteiger partial charge in [0.15, 0.2) is 0 Å². The Morgan fingerprint density at radius 3 is 2.54 bits per heavy atom. The van der Waals surface area contributed by atoms with Crippen LogP contribution in [0.2, 0.25) is 0 Å². The highest BCUT2D eigenvalue weighted by Gasteiger charge is 2.21. The topological polar surface area (TPSA) is 52.3 Å². The van der Waals surface area contributed by atoms with Crippen LogP contribution in [0.5, 0.6) is 0 Å². The molecule has 0 fully saturated rings. The Hall–Kier alpha value is -0.220. The van der Waals surface area contributed by atoms with Gasteiger partial charge < -0.3 is 10.5 Å². The molecule has 0 aliphatic carbocycles. The standard InChI is InChI=1S/C9H19NO2S/c1-9(2,13-4)6-7(10)5-8(11)12-3/h7H,5-6,10H2,1-4H3. The molecule has 2 N–H and O–H groups in total. The van der Waals surface area contributed by atoms with Crippen molar-refractivity contribution in [3.05, 3.63) is 0 Å². The molecule has 0 aliphatic rings. The molecule has 4 heteroatoms. The maximum Gasteiger partial charge on any atom is 0.307 e. The number of methoxy groups -OCH3 is 1. The van der Waals surface area contributed by atoms with E-state index in [-0.39, 0.29) is 16.8 Å². The molecule has 0 rings (SSSR count). The Balaban J connectivity index is 3.86. The minimum Gasteiger partial charge on any atom is -0.469 e. The van der Waals surface area contributed by atoms with Crippen molar-refractivity contribution in [3.63, 3.8) is 0 Å². The van der Waals surface area contributed by atoms with Gasteiger partial charge in [-0.3, -0.25) is 4.79 Å². The SMILES string of the molecule is COC(=O)CC(N)CC(C)(C)SC. The third-order valence-corrected chi connectivity index (χ3v) is 3.23. The van der Waals surface area contributed by atoms with Crippen LogP contribution in [0.15, 0.2) is 0 Å². The first-order chi connectivity index (χ1) is 5.91. The Morgan fingerprint density at radius 1 is 1.62 bits per heavy atom. The maximum absolute atomic E-state index is 10.9. The average molecular weight is 205 g/mol. The summed E-state index contributed by atoms with van der Waals surface area (Å²) < 4.78 is 4.68. The van der Waals surface area contributed by atoms with E-state index in [1.807, 2.05) is 6.26 Å². The summed E-state index contributed by atoms with van der Waals surface area (Å²) in [5.74, 6) is -0.232. The summed E-state index contributed by atoms with van der Waals surface area (Å²) in [5, 5.41) is 0. The minimum atomic E-state index is -0.232. The lowest BCUT2D eigenvalue weighted by Crippen LogP contribution is -2.32. The van der Waals surface area contributed by atoms with Crippen LogP contribution in [-0.2, 0) is 9.53 Å². The van der Waals surface area contributed by atoms with E-state index in [4.69, 9.17) is 5.73 Å². The van der Waals surface area contributed by atoms with Gasteiger partial charge >= 0.3 is 5.97 Å². The van der Waals surface area contributed by atoms with Gasteiger partial charge in [0.25, 0.3) is 0 Å². The van der Waals surface area contributed by atoms with Crippen molar-refractivity contribution in [2.75, 3.05) is 13.4 Å². The number of ether oxygens (including phenoxy) is 1. The second-order valence-corrected chi connectivity index (χ2v) is 5.22. The number of carbonyl (C=O) groups is 1. The molecule has 0 radical (unpaired) electrons. The van der Waals surface area contributed by atoms with Crippen molar-refractivity contribution < 1.29 is 9.53 Å². The fourth-order valence-electron chi connectivity index (χ4n) is 1.08. The number of hydrogen-bond donors (Lipinski definition) is 1. The Morgan fingerprint density at radius 2 is 2.15 bits per heavy atom. The highest BCUT2D eigenvalue weighted by atomic mass is 32.2. The molecule has 0 aromatic carbocycles. The van der Waals surface area contributed by atoms with Crippen LogP contribution in [0, 0.1) is 0 Å². The lowest BCUT2D eigenvalue weighted by molar-refractivity contribution is -0.141. The van der Waals surface area contributed by atoms with E-state index >= 15 is 0 Å². The van der Waals surface area contributed by atoms with Gasteiger partial charge in [-0.15, -0.1) is 0 Å². The van der Waals surface area contributed by atoms with Crippen molar-refractivity contribution in [2.24, 2.45) is 5.73 Å². The molecule has 3 nitrogen and oxygen atoms in total. The minimum absolute atomic E-state index is 0.102.